The first kappa shape index (κ1) is 13.4. The van der Waals surface area contributed by atoms with Crippen molar-refractivity contribution in [1.29, 1.82) is 0 Å². The highest BCUT2D eigenvalue weighted by molar-refractivity contribution is 5.82. The number of fused-ring (bicyclic) bond motifs is 1. The highest BCUT2D eigenvalue weighted by atomic mass is 16.5. The van der Waals surface area contributed by atoms with Gasteiger partial charge in [0.15, 0.2) is 12.1 Å². The molecule has 3 aromatic rings. The predicted molar refractivity (Wildman–Crippen MR) is 81.8 cm³/mol. The molecular weight excluding hydrogens is 264 g/mol. The average Bonchev–Trinajstić information content (AvgIpc) is 2.87. The smallest absolute Gasteiger partial charge is 0.185 e. The Morgan fingerprint density at radius 2 is 1.90 bits per heavy atom. The van der Waals surface area contributed by atoms with Crippen molar-refractivity contribution in [3.05, 3.63) is 59.9 Å². The summed E-state index contributed by atoms with van der Waals surface area (Å²) in [7, 11) is 0. The van der Waals surface area contributed by atoms with Gasteiger partial charge in [0.2, 0.25) is 0 Å². The number of aryl methyl sites for hydroxylation is 1. The zero-order valence-electron chi connectivity index (χ0n) is 11.8. The number of imidazole rings is 1. The first-order valence-corrected chi connectivity index (χ1v) is 6.88. The fourth-order valence-corrected chi connectivity index (χ4v) is 2.38. The fourth-order valence-electron chi connectivity index (χ4n) is 2.38. The number of hydrogen-bond donors (Lipinski definition) is 0. The van der Waals surface area contributed by atoms with Crippen LogP contribution in [-0.2, 0) is 6.54 Å². The maximum Gasteiger partial charge on any atom is 0.185 e. The molecule has 0 bridgehead atoms. The van der Waals surface area contributed by atoms with Crippen LogP contribution in [0.4, 0.5) is 0 Å². The summed E-state index contributed by atoms with van der Waals surface area (Å²) in [6, 6.07) is 15.6. The highest BCUT2D eigenvalue weighted by Crippen LogP contribution is 2.18. The molecule has 0 atom stereocenters. The van der Waals surface area contributed by atoms with Crippen molar-refractivity contribution in [1.82, 2.24) is 9.55 Å². The molecule has 0 N–H and O–H groups in total. The second kappa shape index (κ2) is 5.79. The highest BCUT2D eigenvalue weighted by Gasteiger charge is 2.09. The Hall–Kier alpha value is -2.62. The Morgan fingerprint density at radius 3 is 2.71 bits per heavy atom. The van der Waals surface area contributed by atoms with E-state index in [0.29, 0.717) is 19.0 Å². The number of aldehydes is 1. The Kier molecular flexibility index (Phi) is 3.69. The molecule has 0 unspecified atom stereocenters. The van der Waals surface area contributed by atoms with E-state index in [0.717, 1.165) is 28.6 Å². The van der Waals surface area contributed by atoms with Gasteiger partial charge < -0.3 is 9.30 Å². The van der Waals surface area contributed by atoms with Gasteiger partial charge in [-0.2, -0.15) is 0 Å². The summed E-state index contributed by atoms with van der Waals surface area (Å²) in [5.41, 5.74) is 2.88. The van der Waals surface area contributed by atoms with Crippen LogP contribution in [0, 0.1) is 6.92 Å². The molecule has 106 valence electrons. The number of ether oxygens (including phenoxy) is 1. The van der Waals surface area contributed by atoms with Crippen molar-refractivity contribution in [2.75, 3.05) is 6.61 Å². The average molecular weight is 280 g/mol. The van der Waals surface area contributed by atoms with Crippen LogP contribution >= 0.6 is 0 Å². The minimum Gasteiger partial charge on any atom is -0.491 e. The number of para-hydroxylation sites is 3. The predicted octanol–water partition coefficient (Wildman–Crippen LogP) is 3.24. The van der Waals surface area contributed by atoms with Crippen LogP contribution in [0.3, 0.4) is 0 Å². The molecular formula is C17H16N2O2. The number of benzene rings is 2. The third-order valence-electron chi connectivity index (χ3n) is 3.46. The lowest BCUT2D eigenvalue weighted by atomic mass is 10.2. The molecule has 0 radical (unpaired) electrons. The molecule has 4 heteroatoms. The van der Waals surface area contributed by atoms with Crippen molar-refractivity contribution < 1.29 is 9.53 Å². The number of carbonyl (C=O) groups excluding carboxylic acids is 1. The van der Waals surface area contributed by atoms with Crippen LogP contribution < -0.4 is 4.74 Å². The monoisotopic (exact) mass is 280 g/mol. The number of aromatic nitrogens is 2. The van der Waals surface area contributed by atoms with E-state index in [1.807, 2.05) is 60.0 Å². The van der Waals surface area contributed by atoms with E-state index >= 15 is 0 Å². The summed E-state index contributed by atoms with van der Waals surface area (Å²) in [5.74, 6) is 1.30. The second-order valence-electron chi connectivity index (χ2n) is 4.84. The maximum atomic E-state index is 11.2. The first-order valence-electron chi connectivity index (χ1n) is 6.88. The summed E-state index contributed by atoms with van der Waals surface area (Å²) in [5, 5.41) is 0. The Bertz CT molecular complexity index is 777. The number of carbonyl (C=O) groups is 1. The molecule has 2 aromatic carbocycles. The van der Waals surface area contributed by atoms with Crippen LogP contribution in [-0.4, -0.2) is 22.4 Å². The quantitative estimate of drug-likeness (QED) is 0.674. The van der Waals surface area contributed by atoms with Gasteiger partial charge in [-0.05, 0) is 30.7 Å². The van der Waals surface area contributed by atoms with Gasteiger partial charge in [0, 0.05) is 0 Å². The number of nitrogens with zero attached hydrogens (tertiary/aromatic N) is 2. The lowest BCUT2D eigenvalue weighted by Crippen LogP contribution is -2.11. The first-order chi connectivity index (χ1) is 10.3. The molecule has 0 saturated heterocycles. The lowest BCUT2D eigenvalue weighted by molar-refractivity contribution is 0.111. The maximum absolute atomic E-state index is 11.2. The van der Waals surface area contributed by atoms with E-state index in [9.17, 15) is 4.79 Å². The molecule has 1 aromatic heterocycles. The van der Waals surface area contributed by atoms with Crippen molar-refractivity contribution in [2.45, 2.75) is 13.5 Å². The number of rotatable bonds is 5. The largest absolute Gasteiger partial charge is 0.491 e. The van der Waals surface area contributed by atoms with Gasteiger partial charge in [-0.1, -0.05) is 30.3 Å². The fraction of sp³-hybridized carbons (Fsp3) is 0.176. The van der Waals surface area contributed by atoms with Gasteiger partial charge in [-0.25, -0.2) is 4.98 Å². The molecule has 3 rings (SSSR count). The van der Waals surface area contributed by atoms with Gasteiger partial charge >= 0.3 is 0 Å². The third-order valence-corrected chi connectivity index (χ3v) is 3.46. The molecule has 1 heterocycles. The zero-order chi connectivity index (χ0) is 14.7. The summed E-state index contributed by atoms with van der Waals surface area (Å²) in [4.78, 5) is 15.5. The summed E-state index contributed by atoms with van der Waals surface area (Å²) in [6.45, 7) is 3.09. The SMILES string of the molecule is Cc1ccccc1OCCn1c(C=O)nc2ccccc21. The van der Waals surface area contributed by atoms with Crippen LogP contribution in [0.5, 0.6) is 5.75 Å². The Labute approximate surface area is 123 Å². The minimum atomic E-state index is 0.435. The molecule has 0 aliphatic heterocycles. The molecule has 0 amide bonds. The van der Waals surface area contributed by atoms with E-state index in [1.165, 1.54) is 0 Å². The molecule has 4 nitrogen and oxygen atoms in total. The molecule has 0 saturated carbocycles. The standard InChI is InChI=1S/C17H16N2O2/c1-13-6-2-5-9-16(13)21-11-10-19-15-8-4-3-7-14(15)18-17(19)12-20/h2-9,12H,10-11H2,1H3. The van der Waals surface area contributed by atoms with Crippen molar-refractivity contribution in [3.63, 3.8) is 0 Å². The second-order valence-corrected chi connectivity index (χ2v) is 4.84. The normalized spacial score (nSPS) is 10.7. The van der Waals surface area contributed by atoms with Crippen molar-refractivity contribution in [3.8, 4) is 5.75 Å². The van der Waals surface area contributed by atoms with Crippen molar-refractivity contribution >= 4 is 17.3 Å². The van der Waals surface area contributed by atoms with E-state index in [-0.39, 0.29) is 0 Å². The molecule has 21 heavy (non-hydrogen) atoms. The van der Waals surface area contributed by atoms with E-state index < -0.39 is 0 Å². The van der Waals surface area contributed by atoms with E-state index in [1.54, 1.807) is 0 Å². The van der Waals surface area contributed by atoms with Crippen LogP contribution in [0.15, 0.2) is 48.5 Å². The molecule has 0 aliphatic carbocycles. The van der Waals surface area contributed by atoms with Crippen LogP contribution in [0.1, 0.15) is 16.2 Å². The van der Waals surface area contributed by atoms with Gasteiger partial charge in [0.25, 0.3) is 0 Å². The molecule has 0 aliphatic rings. The zero-order valence-corrected chi connectivity index (χ0v) is 11.8. The van der Waals surface area contributed by atoms with Gasteiger partial charge in [0.05, 0.1) is 17.6 Å². The van der Waals surface area contributed by atoms with Crippen LogP contribution in [0.25, 0.3) is 11.0 Å². The summed E-state index contributed by atoms with van der Waals surface area (Å²) < 4.78 is 7.68. The molecule has 0 fully saturated rings. The van der Waals surface area contributed by atoms with E-state index in [4.69, 9.17) is 4.74 Å². The van der Waals surface area contributed by atoms with Crippen LogP contribution in [0.2, 0.25) is 0 Å². The minimum absolute atomic E-state index is 0.435. The third kappa shape index (κ3) is 2.65. The Morgan fingerprint density at radius 1 is 1.14 bits per heavy atom. The number of hydrogen-bond acceptors (Lipinski definition) is 3. The summed E-state index contributed by atoms with van der Waals surface area (Å²) in [6.07, 6.45) is 0.785. The summed E-state index contributed by atoms with van der Waals surface area (Å²) >= 11 is 0. The van der Waals surface area contributed by atoms with Gasteiger partial charge in [0.1, 0.15) is 12.4 Å². The molecule has 0 spiro atoms. The topological polar surface area (TPSA) is 44.1 Å². The Balaban J connectivity index is 1.79. The van der Waals surface area contributed by atoms with Gasteiger partial charge in [-0.15, -0.1) is 0 Å². The van der Waals surface area contributed by atoms with Gasteiger partial charge in [-0.3, -0.25) is 4.79 Å². The lowest BCUT2D eigenvalue weighted by Gasteiger charge is -2.10. The van der Waals surface area contributed by atoms with Crippen molar-refractivity contribution in [2.24, 2.45) is 0 Å². The van der Waals surface area contributed by atoms with E-state index in [2.05, 4.69) is 4.98 Å².